The van der Waals surface area contributed by atoms with Gasteiger partial charge in [0.15, 0.2) is 0 Å². The van der Waals surface area contributed by atoms with Crippen molar-refractivity contribution in [2.24, 2.45) is 0 Å². The number of carboxylic acids is 2. The fourth-order valence-electron chi connectivity index (χ4n) is 3.49. The SMILES string of the molecule is Cc1ccc(C(=O)[O-])cc1N1C(=O)c2ccc(S(=O)(=O)c3ccc(C(=O)[O-])cc3)cc2C1=O. The Balaban J connectivity index is 1.76. The first-order chi connectivity index (χ1) is 15.5. The van der Waals surface area contributed by atoms with Crippen molar-refractivity contribution in [2.45, 2.75) is 16.7 Å². The highest BCUT2D eigenvalue weighted by Crippen LogP contribution is 2.33. The zero-order valence-electron chi connectivity index (χ0n) is 16.9. The third-order valence-electron chi connectivity index (χ3n) is 5.25. The first-order valence-corrected chi connectivity index (χ1v) is 10.9. The summed E-state index contributed by atoms with van der Waals surface area (Å²) >= 11 is 0. The number of imide groups is 1. The number of rotatable bonds is 5. The van der Waals surface area contributed by atoms with Gasteiger partial charge in [0, 0.05) is 0 Å². The average molecular weight is 463 g/mol. The number of aryl methyl sites for hydroxylation is 1. The Labute approximate surface area is 187 Å². The fourth-order valence-corrected chi connectivity index (χ4v) is 4.78. The monoisotopic (exact) mass is 463 g/mol. The molecule has 3 aromatic rings. The summed E-state index contributed by atoms with van der Waals surface area (Å²) in [5.41, 5.74) is -0.125. The number of benzene rings is 3. The third kappa shape index (κ3) is 3.56. The molecule has 10 heteroatoms. The van der Waals surface area contributed by atoms with Crippen LogP contribution in [-0.2, 0) is 9.84 Å². The van der Waals surface area contributed by atoms with Crippen LogP contribution in [0.3, 0.4) is 0 Å². The second-order valence-electron chi connectivity index (χ2n) is 7.26. The summed E-state index contributed by atoms with van der Waals surface area (Å²) < 4.78 is 26.0. The van der Waals surface area contributed by atoms with Gasteiger partial charge in [-0.05, 0) is 60.0 Å². The molecule has 9 nitrogen and oxygen atoms in total. The van der Waals surface area contributed by atoms with Crippen molar-refractivity contribution < 1.29 is 37.8 Å². The van der Waals surface area contributed by atoms with Crippen molar-refractivity contribution in [2.75, 3.05) is 4.90 Å². The van der Waals surface area contributed by atoms with Gasteiger partial charge >= 0.3 is 0 Å². The molecule has 0 N–H and O–H groups in total. The van der Waals surface area contributed by atoms with Crippen LogP contribution in [0.5, 0.6) is 0 Å². The highest BCUT2D eigenvalue weighted by atomic mass is 32.2. The second-order valence-corrected chi connectivity index (χ2v) is 9.21. The maximum absolute atomic E-state index is 13.1. The molecule has 0 fully saturated rings. The van der Waals surface area contributed by atoms with E-state index in [4.69, 9.17) is 0 Å². The number of nitrogens with zero attached hydrogens (tertiary/aromatic N) is 1. The smallest absolute Gasteiger partial charge is 0.266 e. The van der Waals surface area contributed by atoms with E-state index in [1.165, 1.54) is 24.3 Å². The maximum atomic E-state index is 13.1. The maximum Gasteiger partial charge on any atom is 0.266 e. The number of sulfone groups is 1. The molecule has 0 aliphatic carbocycles. The zero-order valence-corrected chi connectivity index (χ0v) is 17.7. The van der Waals surface area contributed by atoms with Gasteiger partial charge in [-0.15, -0.1) is 0 Å². The zero-order chi connectivity index (χ0) is 24.1. The predicted molar refractivity (Wildman–Crippen MR) is 109 cm³/mol. The van der Waals surface area contributed by atoms with Crippen molar-refractivity contribution in [3.8, 4) is 0 Å². The molecular formula is C23H13NO8S-2. The van der Waals surface area contributed by atoms with Gasteiger partial charge in [0.05, 0.1) is 38.5 Å². The Bertz CT molecular complexity index is 1470. The number of aromatic carboxylic acids is 2. The highest BCUT2D eigenvalue weighted by Gasteiger charge is 2.38. The minimum Gasteiger partial charge on any atom is -0.545 e. The van der Waals surface area contributed by atoms with Crippen molar-refractivity contribution in [1.29, 1.82) is 0 Å². The Morgan fingerprint density at radius 3 is 1.88 bits per heavy atom. The summed E-state index contributed by atoms with van der Waals surface area (Å²) in [4.78, 5) is 48.4. The summed E-state index contributed by atoms with van der Waals surface area (Å²) in [6.45, 7) is 1.59. The molecule has 33 heavy (non-hydrogen) atoms. The van der Waals surface area contributed by atoms with Gasteiger partial charge in [-0.1, -0.05) is 24.3 Å². The van der Waals surface area contributed by atoms with Crippen LogP contribution in [0, 0.1) is 6.92 Å². The van der Waals surface area contributed by atoms with Gasteiger partial charge in [-0.3, -0.25) is 9.59 Å². The topological polar surface area (TPSA) is 152 Å². The number of amides is 2. The third-order valence-corrected chi connectivity index (χ3v) is 7.02. The van der Waals surface area contributed by atoms with Crippen LogP contribution in [-0.4, -0.2) is 32.2 Å². The van der Waals surface area contributed by atoms with E-state index in [1.807, 2.05) is 0 Å². The van der Waals surface area contributed by atoms with Crippen molar-refractivity contribution in [1.82, 2.24) is 0 Å². The van der Waals surface area contributed by atoms with Crippen molar-refractivity contribution >= 4 is 39.3 Å². The largest absolute Gasteiger partial charge is 0.545 e. The molecule has 4 rings (SSSR count). The lowest BCUT2D eigenvalue weighted by molar-refractivity contribution is -0.256. The molecule has 3 aromatic carbocycles. The van der Waals surface area contributed by atoms with Gasteiger partial charge in [-0.25, -0.2) is 13.3 Å². The van der Waals surface area contributed by atoms with Crippen molar-refractivity contribution in [3.63, 3.8) is 0 Å². The van der Waals surface area contributed by atoms with Crippen LogP contribution in [0.4, 0.5) is 5.69 Å². The van der Waals surface area contributed by atoms with Crippen LogP contribution in [0.25, 0.3) is 0 Å². The molecule has 1 aliphatic rings. The number of fused-ring (bicyclic) bond motifs is 1. The van der Waals surface area contributed by atoms with E-state index in [0.29, 0.717) is 5.56 Å². The van der Waals surface area contributed by atoms with E-state index >= 15 is 0 Å². The standard InChI is InChI=1S/C23H15NO8S/c1-12-2-3-14(23(29)30)10-19(12)24-20(25)17-9-8-16(11-18(17)21(24)26)33(31,32)15-6-4-13(5-7-15)22(27)28/h2-11H,1H3,(H,27,28)(H,29,30)/p-2. The molecule has 0 spiro atoms. The fraction of sp³-hybridized carbons (Fsp3) is 0.0435. The highest BCUT2D eigenvalue weighted by molar-refractivity contribution is 7.91. The summed E-state index contributed by atoms with van der Waals surface area (Å²) in [5, 5.41) is 22.1. The summed E-state index contributed by atoms with van der Waals surface area (Å²) in [5.74, 6) is -4.47. The van der Waals surface area contributed by atoms with Gasteiger partial charge < -0.3 is 19.8 Å². The minimum atomic E-state index is -4.13. The summed E-state index contributed by atoms with van der Waals surface area (Å²) in [6.07, 6.45) is 0. The number of carbonyl (C=O) groups is 4. The van der Waals surface area contributed by atoms with Crippen LogP contribution >= 0.6 is 0 Å². The molecule has 1 aliphatic heterocycles. The van der Waals surface area contributed by atoms with E-state index in [1.54, 1.807) is 6.92 Å². The Hall–Kier alpha value is -4.31. The molecule has 0 saturated heterocycles. The molecule has 0 radical (unpaired) electrons. The molecule has 0 unspecified atom stereocenters. The molecule has 0 saturated carbocycles. The van der Waals surface area contributed by atoms with E-state index < -0.39 is 33.6 Å². The normalized spacial score (nSPS) is 13.2. The molecule has 0 atom stereocenters. The van der Waals surface area contributed by atoms with Crippen LogP contribution in [0.2, 0.25) is 0 Å². The van der Waals surface area contributed by atoms with Crippen LogP contribution in [0.1, 0.15) is 47.0 Å². The van der Waals surface area contributed by atoms with Crippen LogP contribution < -0.4 is 15.1 Å². The number of carbonyl (C=O) groups excluding carboxylic acids is 4. The van der Waals surface area contributed by atoms with Gasteiger partial charge in [0.2, 0.25) is 9.84 Å². The quantitative estimate of drug-likeness (QED) is 0.492. The minimum absolute atomic E-state index is 0.0375. The lowest BCUT2D eigenvalue weighted by Gasteiger charge is -2.18. The van der Waals surface area contributed by atoms with Crippen LogP contribution in [0.15, 0.2) is 70.5 Å². The van der Waals surface area contributed by atoms with E-state index in [-0.39, 0.29) is 37.7 Å². The van der Waals surface area contributed by atoms with E-state index in [2.05, 4.69) is 0 Å². The lowest BCUT2D eigenvalue weighted by atomic mass is 10.1. The Morgan fingerprint density at radius 1 is 0.727 bits per heavy atom. The van der Waals surface area contributed by atoms with Gasteiger partial charge in [0.1, 0.15) is 0 Å². The lowest BCUT2D eigenvalue weighted by Crippen LogP contribution is -2.31. The summed E-state index contributed by atoms with van der Waals surface area (Å²) in [7, 11) is -4.13. The predicted octanol–water partition coefficient (Wildman–Crippen LogP) is 0.355. The van der Waals surface area contributed by atoms with Gasteiger partial charge in [-0.2, -0.15) is 0 Å². The van der Waals surface area contributed by atoms with E-state index in [9.17, 15) is 37.8 Å². The van der Waals surface area contributed by atoms with Crippen molar-refractivity contribution in [3.05, 3.63) is 88.5 Å². The molecule has 0 bridgehead atoms. The molecule has 0 aromatic heterocycles. The second kappa shape index (κ2) is 7.68. The first kappa shape index (κ1) is 21.9. The molecule has 2 amide bonds. The molecular weight excluding hydrogens is 450 g/mol. The first-order valence-electron chi connectivity index (χ1n) is 9.43. The van der Waals surface area contributed by atoms with Gasteiger partial charge in [0.25, 0.3) is 11.8 Å². The Kier molecular flexibility index (Phi) is 5.10. The number of carboxylic acid groups (broad SMARTS) is 2. The van der Waals surface area contributed by atoms with E-state index in [0.717, 1.165) is 41.3 Å². The summed E-state index contributed by atoms with van der Waals surface area (Å²) in [6, 6.07) is 11.6. The average Bonchev–Trinajstić information content (AvgIpc) is 3.03. The molecule has 166 valence electrons. The Morgan fingerprint density at radius 2 is 1.27 bits per heavy atom. The number of hydrogen-bond donors (Lipinski definition) is 0. The molecule has 1 heterocycles. The number of hydrogen-bond acceptors (Lipinski definition) is 8. The number of anilines is 1.